The van der Waals surface area contributed by atoms with Gasteiger partial charge in [-0.15, -0.1) is 0 Å². The number of hydrogen-bond acceptors (Lipinski definition) is 4. The molecule has 0 aliphatic rings. The molecule has 0 saturated carbocycles. The third-order valence-electron chi connectivity index (χ3n) is 3.83. The van der Waals surface area contributed by atoms with E-state index < -0.39 is 0 Å². The van der Waals surface area contributed by atoms with Crippen LogP contribution in [-0.4, -0.2) is 14.5 Å². The minimum absolute atomic E-state index is 0.0783. The summed E-state index contributed by atoms with van der Waals surface area (Å²) >= 11 is 0. The molecule has 0 amide bonds. The quantitative estimate of drug-likeness (QED) is 0.555. The standard InChI is InChI=1S/C16H19N5/c1-21-11-10-19-16(21)8-7-15(20-17)13-4-2-6-14-12(13)5-3-9-18-14/h2-6,9-11,15,20H,7-8,17H2,1H3. The van der Waals surface area contributed by atoms with Crippen molar-refractivity contribution in [2.24, 2.45) is 12.9 Å². The van der Waals surface area contributed by atoms with Gasteiger partial charge in [0.15, 0.2) is 0 Å². The van der Waals surface area contributed by atoms with Crippen LogP contribution >= 0.6 is 0 Å². The number of imidazole rings is 1. The zero-order chi connectivity index (χ0) is 14.7. The second kappa shape index (κ2) is 6.03. The first-order chi connectivity index (χ1) is 10.3. The van der Waals surface area contributed by atoms with Gasteiger partial charge in [-0.1, -0.05) is 18.2 Å². The van der Waals surface area contributed by atoms with Crippen LogP contribution < -0.4 is 11.3 Å². The van der Waals surface area contributed by atoms with Gasteiger partial charge < -0.3 is 4.57 Å². The minimum Gasteiger partial charge on any atom is -0.338 e. The van der Waals surface area contributed by atoms with Crippen molar-refractivity contribution in [3.8, 4) is 0 Å². The summed E-state index contributed by atoms with van der Waals surface area (Å²) < 4.78 is 2.04. The maximum atomic E-state index is 5.78. The van der Waals surface area contributed by atoms with Crippen LogP contribution in [-0.2, 0) is 13.5 Å². The molecule has 1 aromatic carbocycles. The van der Waals surface area contributed by atoms with Gasteiger partial charge in [0, 0.05) is 43.5 Å². The van der Waals surface area contributed by atoms with Crippen molar-refractivity contribution in [3.05, 3.63) is 60.3 Å². The van der Waals surface area contributed by atoms with E-state index in [-0.39, 0.29) is 6.04 Å². The number of hydrogen-bond donors (Lipinski definition) is 2. The molecule has 1 atom stereocenters. The normalized spacial score (nSPS) is 12.7. The minimum atomic E-state index is 0.0783. The second-order valence-electron chi connectivity index (χ2n) is 5.13. The highest BCUT2D eigenvalue weighted by Crippen LogP contribution is 2.25. The van der Waals surface area contributed by atoms with Crippen molar-refractivity contribution in [3.63, 3.8) is 0 Å². The molecule has 2 aromatic heterocycles. The molecule has 0 spiro atoms. The topological polar surface area (TPSA) is 68.8 Å². The van der Waals surface area contributed by atoms with Crippen LogP contribution in [0.5, 0.6) is 0 Å². The Morgan fingerprint density at radius 2 is 2.10 bits per heavy atom. The molecule has 0 fully saturated rings. The highest BCUT2D eigenvalue weighted by molar-refractivity contribution is 5.82. The molecule has 2 heterocycles. The summed E-state index contributed by atoms with van der Waals surface area (Å²) in [6, 6.07) is 10.3. The zero-order valence-corrected chi connectivity index (χ0v) is 12.0. The largest absolute Gasteiger partial charge is 0.338 e. The number of rotatable bonds is 5. The van der Waals surface area contributed by atoms with Crippen molar-refractivity contribution in [2.45, 2.75) is 18.9 Å². The van der Waals surface area contributed by atoms with Gasteiger partial charge >= 0.3 is 0 Å². The SMILES string of the molecule is Cn1ccnc1CCC(NN)c1cccc2ncccc12. The first-order valence-corrected chi connectivity index (χ1v) is 7.05. The number of nitrogens with zero attached hydrogens (tertiary/aromatic N) is 3. The van der Waals surface area contributed by atoms with E-state index in [1.807, 2.05) is 48.4 Å². The van der Waals surface area contributed by atoms with Gasteiger partial charge in [-0.3, -0.25) is 16.3 Å². The molecular weight excluding hydrogens is 262 g/mol. The van der Waals surface area contributed by atoms with Crippen LogP contribution in [0.3, 0.4) is 0 Å². The van der Waals surface area contributed by atoms with Crippen molar-refractivity contribution in [1.82, 2.24) is 20.0 Å². The van der Waals surface area contributed by atoms with Crippen molar-refractivity contribution >= 4 is 10.9 Å². The summed E-state index contributed by atoms with van der Waals surface area (Å²) in [5, 5.41) is 1.14. The van der Waals surface area contributed by atoms with Gasteiger partial charge in [0.25, 0.3) is 0 Å². The monoisotopic (exact) mass is 281 g/mol. The lowest BCUT2D eigenvalue weighted by atomic mass is 9.98. The molecule has 108 valence electrons. The van der Waals surface area contributed by atoms with Gasteiger partial charge in [-0.05, 0) is 24.1 Å². The van der Waals surface area contributed by atoms with Crippen molar-refractivity contribution < 1.29 is 0 Å². The molecule has 0 radical (unpaired) electrons. The fourth-order valence-corrected chi connectivity index (χ4v) is 2.67. The number of aromatic nitrogens is 3. The number of pyridine rings is 1. The lowest BCUT2D eigenvalue weighted by Crippen LogP contribution is -2.28. The Hall–Kier alpha value is -2.24. The zero-order valence-electron chi connectivity index (χ0n) is 12.0. The van der Waals surface area contributed by atoms with Crippen LogP contribution in [0.2, 0.25) is 0 Å². The summed E-state index contributed by atoms with van der Waals surface area (Å²) in [6.07, 6.45) is 7.35. The first-order valence-electron chi connectivity index (χ1n) is 7.05. The molecule has 0 aliphatic heterocycles. The predicted octanol–water partition coefficient (Wildman–Crippen LogP) is 2.11. The number of aryl methyl sites for hydroxylation is 2. The fraction of sp³-hybridized carbons (Fsp3) is 0.250. The molecule has 21 heavy (non-hydrogen) atoms. The van der Waals surface area contributed by atoms with Crippen LogP contribution in [0, 0.1) is 0 Å². The van der Waals surface area contributed by atoms with Gasteiger partial charge in [-0.2, -0.15) is 0 Å². The Kier molecular flexibility index (Phi) is 3.94. The number of hydrazine groups is 1. The molecular formula is C16H19N5. The molecule has 5 nitrogen and oxygen atoms in total. The maximum Gasteiger partial charge on any atom is 0.108 e. The highest BCUT2D eigenvalue weighted by atomic mass is 15.2. The van der Waals surface area contributed by atoms with E-state index in [9.17, 15) is 0 Å². The van der Waals surface area contributed by atoms with E-state index in [1.54, 1.807) is 0 Å². The summed E-state index contributed by atoms with van der Waals surface area (Å²) in [4.78, 5) is 8.76. The van der Waals surface area contributed by atoms with E-state index in [4.69, 9.17) is 5.84 Å². The van der Waals surface area contributed by atoms with E-state index in [1.165, 1.54) is 5.56 Å². The van der Waals surface area contributed by atoms with Gasteiger partial charge in [-0.25, -0.2) is 4.98 Å². The summed E-state index contributed by atoms with van der Waals surface area (Å²) in [5.74, 6) is 6.84. The molecule has 5 heteroatoms. The molecule has 0 bridgehead atoms. The van der Waals surface area contributed by atoms with Crippen LogP contribution in [0.25, 0.3) is 10.9 Å². The Balaban J connectivity index is 1.86. The summed E-state index contributed by atoms with van der Waals surface area (Å²) in [6.45, 7) is 0. The maximum absolute atomic E-state index is 5.78. The predicted molar refractivity (Wildman–Crippen MR) is 83.3 cm³/mol. The third kappa shape index (κ3) is 2.79. The second-order valence-corrected chi connectivity index (χ2v) is 5.13. The summed E-state index contributed by atoms with van der Waals surface area (Å²) in [5.41, 5.74) is 5.10. The molecule has 3 aromatic rings. The number of nitrogens with one attached hydrogen (secondary N) is 1. The van der Waals surface area contributed by atoms with Gasteiger partial charge in [0.05, 0.1) is 5.52 Å². The molecule has 1 unspecified atom stereocenters. The Labute approximate surface area is 123 Å². The third-order valence-corrected chi connectivity index (χ3v) is 3.83. The number of benzene rings is 1. The molecule has 0 saturated heterocycles. The highest BCUT2D eigenvalue weighted by Gasteiger charge is 2.14. The smallest absolute Gasteiger partial charge is 0.108 e. The Bertz CT molecular complexity index is 729. The van der Waals surface area contributed by atoms with E-state index in [0.717, 1.165) is 29.6 Å². The Morgan fingerprint density at radius 1 is 1.19 bits per heavy atom. The van der Waals surface area contributed by atoms with Crippen LogP contribution in [0.4, 0.5) is 0 Å². The van der Waals surface area contributed by atoms with Crippen molar-refractivity contribution in [2.75, 3.05) is 0 Å². The molecule has 3 N–H and O–H groups in total. The summed E-state index contributed by atoms with van der Waals surface area (Å²) in [7, 11) is 2.01. The lowest BCUT2D eigenvalue weighted by Gasteiger charge is -2.18. The Morgan fingerprint density at radius 3 is 2.86 bits per heavy atom. The molecule has 0 aliphatic carbocycles. The number of nitrogens with two attached hydrogens (primary N) is 1. The van der Waals surface area contributed by atoms with Crippen molar-refractivity contribution in [1.29, 1.82) is 0 Å². The first kappa shape index (κ1) is 13.7. The van der Waals surface area contributed by atoms with Gasteiger partial charge in [0.1, 0.15) is 5.82 Å². The molecule has 3 rings (SSSR count). The van der Waals surface area contributed by atoms with E-state index in [2.05, 4.69) is 27.5 Å². The van der Waals surface area contributed by atoms with E-state index >= 15 is 0 Å². The number of fused-ring (bicyclic) bond motifs is 1. The fourth-order valence-electron chi connectivity index (χ4n) is 2.67. The lowest BCUT2D eigenvalue weighted by molar-refractivity contribution is 0.509. The average Bonchev–Trinajstić information content (AvgIpc) is 2.93. The van der Waals surface area contributed by atoms with Gasteiger partial charge in [0.2, 0.25) is 0 Å². The van der Waals surface area contributed by atoms with Crippen LogP contribution in [0.1, 0.15) is 23.9 Å². The average molecular weight is 281 g/mol. The van der Waals surface area contributed by atoms with Crippen LogP contribution in [0.15, 0.2) is 48.9 Å². The van der Waals surface area contributed by atoms with E-state index in [0.29, 0.717) is 0 Å².